The molecule has 18 heavy (non-hydrogen) atoms. The van der Waals surface area contributed by atoms with Crippen molar-refractivity contribution in [3.05, 3.63) is 24.0 Å². The van der Waals surface area contributed by atoms with Crippen LogP contribution < -0.4 is 10.1 Å². The Morgan fingerprint density at radius 3 is 2.67 bits per heavy atom. The molecule has 0 aliphatic heterocycles. The van der Waals surface area contributed by atoms with E-state index in [1.54, 1.807) is 20.3 Å². The monoisotopic (exact) mass is 251 g/mol. The van der Waals surface area contributed by atoms with E-state index in [2.05, 4.69) is 24.1 Å². The maximum Gasteiger partial charge on any atom is 0.259 e. The van der Waals surface area contributed by atoms with Crippen LogP contribution >= 0.6 is 0 Å². The summed E-state index contributed by atoms with van der Waals surface area (Å²) in [4.78, 5) is 17.1. The van der Waals surface area contributed by atoms with Gasteiger partial charge in [-0.15, -0.1) is 0 Å². The minimum absolute atomic E-state index is 0.0400. The summed E-state index contributed by atoms with van der Waals surface area (Å²) in [6.45, 7) is 4.95. The first-order valence-corrected chi connectivity index (χ1v) is 6.00. The highest BCUT2D eigenvalue weighted by Crippen LogP contribution is 2.09. The van der Waals surface area contributed by atoms with Crippen LogP contribution in [0.2, 0.25) is 0 Å². The first kappa shape index (κ1) is 14.4. The van der Waals surface area contributed by atoms with Crippen LogP contribution in [-0.2, 0) is 11.3 Å². The zero-order chi connectivity index (χ0) is 13.5. The van der Waals surface area contributed by atoms with Gasteiger partial charge < -0.3 is 15.0 Å². The number of nitrogens with one attached hydrogen (secondary N) is 1. The minimum atomic E-state index is -0.0689. The Balaban J connectivity index is 2.43. The van der Waals surface area contributed by atoms with E-state index in [9.17, 15) is 4.79 Å². The average Bonchev–Trinajstić information content (AvgIpc) is 2.34. The van der Waals surface area contributed by atoms with Crippen molar-refractivity contribution in [2.45, 2.75) is 26.4 Å². The lowest BCUT2D eigenvalue weighted by atomic mass is 10.3. The zero-order valence-electron chi connectivity index (χ0n) is 11.4. The quantitative estimate of drug-likeness (QED) is 0.821. The largest absolute Gasteiger partial charge is 0.482 e. The fourth-order valence-electron chi connectivity index (χ4n) is 1.18. The maximum atomic E-state index is 11.3. The normalized spacial score (nSPS) is 10.5. The molecule has 0 atom stereocenters. The summed E-state index contributed by atoms with van der Waals surface area (Å²) in [5.41, 5.74) is 0.954. The smallest absolute Gasteiger partial charge is 0.259 e. The molecule has 5 heteroatoms. The van der Waals surface area contributed by atoms with Crippen LogP contribution in [0.4, 0.5) is 0 Å². The van der Waals surface area contributed by atoms with Crippen LogP contribution in [0.25, 0.3) is 0 Å². The first-order valence-electron chi connectivity index (χ1n) is 6.00. The summed E-state index contributed by atoms with van der Waals surface area (Å²) in [5.74, 6) is 0.541. The molecule has 0 radical (unpaired) electrons. The van der Waals surface area contributed by atoms with Crippen LogP contribution in [-0.4, -0.2) is 42.5 Å². The second kappa shape index (κ2) is 6.96. The number of nitrogens with zero attached hydrogens (tertiary/aromatic N) is 2. The number of carbonyl (C=O) groups excluding carboxylic acids is 1. The van der Waals surface area contributed by atoms with Gasteiger partial charge in [0.15, 0.2) is 6.61 Å². The lowest BCUT2D eigenvalue weighted by molar-refractivity contribution is -0.130. The maximum absolute atomic E-state index is 11.3. The highest BCUT2D eigenvalue weighted by atomic mass is 16.5. The van der Waals surface area contributed by atoms with Crippen molar-refractivity contribution in [2.75, 3.05) is 20.7 Å². The third-order valence-corrected chi connectivity index (χ3v) is 2.35. The van der Waals surface area contributed by atoms with Gasteiger partial charge in [-0.3, -0.25) is 9.78 Å². The molecule has 1 rings (SSSR count). The second-order valence-electron chi connectivity index (χ2n) is 4.60. The Bertz CT molecular complexity index is 374. The van der Waals surface area contributed by atoms with E-state index in [0.717, 1.165) is 12.2 Å². The summed E-state index contributed by atoms with van der Waals surface area (Å²) in [6, 6.07) is 4.15. The molecule has 0 saturated heterocycles. The number of hydrogen-bond acceptors (Lipinski definition) is 4. The molecule has 1 aromatic rings. The number of likely N-dealkylation sites (N-methyl/N-ethyl adjacent to an activating group) is 1. The average molecular weight is 251 g/mol. The summed E-state index contributed by atoms with van der Waals surface area (Å²) < 4.78 is 5.34. The number of pyridine rings is 1. The molecule has 0 unspecified atom stereocenters. The van der Waals surface area contributed by atoms with Gasteiger partial charge >= 0.3 is 0 Å². The van der Waals surface area contributed by atoms with Gasteiger partial charge in [0.2, 0.25) is 0 Å². The van der Waals surface area contributed by atoms with Crippen molar-refractivity contribution in [1.82, 2.24) is 15.2 Å². The highest BCUT2D eigenvalue weighted by molar-refractivity contribution is 5.77. The fraction of sp³-hybridized carbons (Fsp3) is 0.538. The van der Waals surface area contributed by atoms with E-state index >= 15 is 0 Å². The molecular weight excluding hydrogens is 230 g/mol. The predicted molar refractivity (Wildman–Crippen MR) is 70.4 cm³/mol. The molecular formula is C13H21N3O2. The van der Waals surface area contributed by atoms with Gasteiger partial charge in [0.05, 0.1) is 11.9 Å². The highest BCUT2D eigenvalue weighted by Gasteiger charge is 2.05. The van der Waals surface area contributed by atoms with Crippen molar-refractivity contribution < 1.29 is 9.53 Å². The van der Waals surface area contributed by atoms with Gasteiger partial charge in [-0.1, -0.05) is 13.8 Å². The number of ether oxygens (including phenoxy) is 1. The number of amides is 1. The number of aromatic nitrogens is 1. The fourth-order valence-corrected chi connectivity index (χ4v) is 1.18. The molecule has 1 aromatic heterocycles. The van der Waals surface area contributed by atoms with Crippen molar-refractivity contribution >= 4 is 5.91 Å². The predicted octanol–water partition coefficient (Wildman–Crippen LogP) is 1.05. The molecule has 1 N–H and O–H groups in total. The van der Waals surface area contributed by atoms with Crippen LogP contribution in [0, 0.1) is 0 Å². The molecule has 0 bridgehead atoms. The Kier molecular flexibility index (Phi) is 5.58. The van der Waals surface area contributed by atoms with E-state index in [1.807, 2.05) is 12.1 Å². The van der Waals surface area contributed by atoms with Crippen LogP contribution in [0.5, 0.6) is 5.75 Å². The molecule has 0 fully saturated rings. The summed E-state index contributed by atoms with van der Waals surface area (Å²) in [6.07, 6.45) is 1.64. The topological polar surface area (TPSA) is 54.5 Å². The Morgan fingerprint density at radius 1 is 1.44 bits per heavy atom. The molecule has 1 heterocycles. The lowest BCUT2D eigenvalue weighted by Crippen LogP contribution is -2.27. The third-order valence-electron chi connectivity index (χ3n) is 2.35. The Labute approximate surface area is 108 Å². The molecule has 5 nitrogen and oxygen atoms in total. The van der Waals surface area contributed by atoms with Gasteiger partial charge in [0, 0.05) is 26.7 Å². The molecule has 0 aliphatic rings. The standard InChI is InChI=1S/C13H21N3O2/c1-10(2)14-7-11-5-6-12(8-15-11)18-9-13(17)16(3)4/h5-6,8,10,14H,7,9H2,1-4H3. The van der Waals surface area contributed by atoms with Gasteiger partial charge in [-0.05, 0) is 12.1 Å². The van der Waals surface area contributed by atoms with Crippen molar-refractivity contribution in [2.24, 2.45) is 0 Å². The summed E-state index contributed by atoms with van der Waals surface area (Å²) in [7, 11) is 3.40. The number of hydrogen-bond donors (Lipinski definition) is 1. The lowest BCUT2D eigenvalue weighted by Gasteiger charge is -2.11. The Hall–Kier alpha value is -1.62. The summed E-state index contributed by atoms with van der Waals surface area (Å²) >= 11 is 0. The number of rotatable bonds is 6. The first-order chi connectivity index (χ1) is 8.49. The van der Waals surface area contributed by atoms with Gasteiger partial charge in [0.25, 0.3) is 5.91 Å². The zero-order valence-corrected chi connectivity index (χ0v) is 11.4. The van der Waals surface area contributed by atoms with E-state index in [-0.39, 0.29) is 12.5 Å². The van der Waals surface area contributed by atoms with Crippen molar-refractivity contribution in [3.63, 3.8) is 0 Å². The van der Waals surface area contributed by atoms with Crippen molar-refractivity contribution in [1.29, 1.82) is 0 Å². The van der Waals surface area contributed by atoms with Gasteiger partial charge in [0.1, 0.15) is 5.75 Å². The van der Waals surface area contributed by atoms with Gasteiger partial charge in [-0.2, -0.15) is 0 Å². The van der Waals surface area contributed by atoms with Crippen molar-refractivity contribution in [3.8, 4) is 5.75 Å². The van der Waals surface area contributed by atoms with Crippen LogP contribution in [0.3, 0.4) is 0 Å². The molecule has 100 valence electrons. The molecule has 0 spiro atoms. The van der Waals surface area contributed by atoms with E-state index in [4.69, 9.17) is 4.74 Å². The van der Waals surface area contributed by atoms with E-state index in [0.29, 0.717) is 11.8 Å². The van der Waals surface area contributed by atoms with Crippen LogP contribution in [0.15, 0.2) is 18.3 Å². The molecule has 0 saturated carbocycles. The minimum Gasteiger partial charge on any atom is -0.482 e. The van der Waals surface area contributed by atoms with Gasteiger partial charge in [-0.25, -0.2) is 0 Å². The Morgan fingerprint density at radius 2 is 2.17 bits per heavy atom. The molecule has 1 amide bonds. The summed E-state index contributed by atoms with van der Waals surface area (Å²) in [5, 5.41) is 3.28. The SMILES string of the molecule is CC(C)NCc1ccc(OCC(=O)N(C)C)cn1. The third kappa shape index (κ3) is 5.14. The second-order valence-corrected chi connectivity index (χ2v) is 4.60. The van der Waals surface area contributed by atoms with E-state index < -0.39 is 0 Å². The van der Waals surface area contributed by atoms with E-state index in [1.165, 1.54) is 4.90 Å². The molecule has 0 aromatic carbocycles. The molecule has 0 aliphatic carbocycles. The number of carbonyl (C=O) groups is 1. The van der Waals surface area contributed by atoms with Crippen LogP contribution in [0.1, 0.15) is 19.5 Å².